The van der Waals surface area contributed by atoms with Crippen LogP contribution in [0, 0.1) is 0 Å². The Labute approximate surface area is 146 Å². The van der Waals surface area contributed by atoms with E-state index >= 15 is 0 Å². The van der Waals surface area contributed by atoms with Crippen molar-refractivity contribution < 1.29 is 18.7 Å². The van der Waals surface area contributed by atoms with Crippen LogP contribution in [-0.4, -0.2) is 37.1 Å². The lowest BCUT2D eigenvalue weighted by Gasteiger charge is -2.33. The van der Waals surface area contributed by atoms with E-state index in [0.29, 0.717) is 11.7 Å². The number of furan rings is 1. The maximum absolute atomic E-state index is 12.5. The molecule has 1 aromatic heterocycles. The molecule has 1 aromatic carbocycles. The number of ether oxygens (including phenoxy) is 2. The Kier molecular flexibility index (Phi) is 3.47. The maximum Gasteiger partial charge on any atom is 0.289 e. The first kappa shape index (κ1) is 14.9. The normalized spacial score (nSPS) is 19.3. The van der Waals surface area contributed by atoms with Gasteiger partial charge in [0, 0.05) is 42.6 Å². The zero-order valence-electron chi connectivity index (χ0n) is 14.1. The second-order valence-electron chi connectivity index (χ2n) is 7.00. The van der Waals surface area contributed by atoms with Crippen LogP contribution in [0.4, 0.5) is 0 Å². The zero-order chi connectivity index (χ0) is 16.8. The molecule has 1 fully saturated rings. The van der Waals surface area contributed by atoms with Crippen molar-refractivity contribution in [1.82, 2.24) is 4.90 Å². The van der Waals surface area contributed by atoms with Gasteiger partial charge in [-0.15, -0.1) is 0 Å². The van der Waals surface area contributed by atoms with Gasteiger partial charge in [-0.3, -0.25) is 4.79 Å². The molecule has 0 bridgehead atoms. The number of fused-ring (bicyclic) bond motifs is 2. The highest BCUT2D eigenvalue weighted by Gasteiger charge is 2.33. The van der Waals surface area contributed by atoms with E-state index in [4.69, 9.17) is 13.9 Å². The van der Waals surface area contributed by atoms with Gasteiger partial charge in [0.2, 0.25) is 0 Å². The van der Waals surface area contributed by atoms with Gasteiger partial charge in [-0.25, -0.2) is 0 Å². The molecule has 0 radical (unpaired) electrons. The maximum atomic E-state index is 12.5. The topological polar surface area (TPSA) is 51.9 Å². The summed E-state index contributed by atoms with van der Waals surface area (Å²) in [7, 11) is 0. The number of hydrogen-bond donors (Lipinski definition) is 0. The summed E-state index contributed by atoms with van der Waals surface area (Å²) in [5.74, 6) is 3.00. The van der Waals surface area contributed by atoms with Crippen molar-refractivity contribution in [2.45, 2.75) is 31.6 Å². The third-order valence-electron chi connectivity index (χ3n) is 5.61. The molecule has 130 valence electrons. The first-order valence-electron chi connectivity index (χ1n) is 9.08. The average Bonchev–Trinajstić information content (AvgIpc) is 3.39. The molecule has 4 heterocycles. The summed E-state index contributed by atoms with van der Waals surface area (Å²) in [5, 5.41) is 0. The SMILES string of the molecule is O=C(c1ccco1)N1CCC(c2c3c(cc4c2OCC4)OCC3)CC1. The van der Waals surface area contributed by atoms with Crippen LogP contribution in [0.5, 0.6) is 11.5 Å². The Morgan fingerprint density at radius 3 is 2.76 bits per heavy atom. The highest BCUT2D eigenvalue weighted by molar-refractivity contribution is 5.91. The van der Waals surface area contributed by atoms with E-state index in [1.807, 2.05) is 4.90 Å². The second kappa shape index (κ2) is 5.83. The highest BCUT2D eigenvalue weighted by atomic mass is 16.5. The molecule has 5 heteroatoms. The van der Waals surface area contributed by atoms with Crippen molar-refractivity contribution >= 4 is 5.91 Å². The zero-order valence-corrected chi connectivity index (χ0v) is 14.1. The minimum Gasteiger partial charge on any atom is -0.493 e. The number of carbonyl (C=O) groups excluding carboxylic acids is 1. The number of carbonyl (C=O) groups is 1. The van der Waals surface area contributed by atoms with Crippen LogP contribution in [0.1, 0.15) is 46.0 Å². The molecule has 5 rings (SSSR count). The van der Waals surface area contributed by atoms with E-state index in [9.17, 15) is 4.79 Å². The smallest absolute Gasteiger partial charge is 0.289 e. The molecule has 1 saturated heterocycles. The van der Waals surface area contributed by atoms with Gasteiger partial charge in [0.25, 0.3) is 5.91 Å². The van der Waals surface area contributed by atoms with E-state index in [-0.39, 0.29) is 5.91 Å². The molecule has 1 amide bonds. The largest absolute Gasteiger partial charge is 0.493 e. The Morgan fingerprint density at radius 1 is 1.12 bits per heavy atom. The van der Waals surface area contributed by atoms with Gasteiger partial charge < -0.3 is 18.8 Å². The average molecular weight is 339 g/mol. The number of likely N-dealkylation sites (tertiary alicyclic amines) is 1. The van der Waals surface area contributed by atoms with Crippen LogP contribution in [-0.2, 0) is 12.8 Å². The van der Waals surface area contributed by atoms with Crippen molar-refractivity contribution in [3.05, 3.63) is 46.9 Å². The van der Waals surface area contributed by atoms with Gasteiger partial charge in [0.15, 0.2) is 5.76 Å². The van der Waals surface area contributed by atoms with E-state index in [1.165, 1.54) is 16.7 Å². The summed E-state index contributed by atoms with van der Waals surface area (Å²) < 4.78 is 17.1. The van der Waals surface area contributed by atoms with E-state index < -0.39 is 0 Å². The molecule has 0 atom stereocenters. The molecule has 0 aliphatic carbocycles. The molecule has 0 saturated carbocycles. The minimum absolute atomic E-state index is 0.00782. The third kappa shape index (κ3) is 2.41. The van der Waals surface area contributed by atoms with Gasteiger partial charge >= 0.3 is 0 Å². The Morgan fingerprint density at radius 2 is 1.96 bits per heavy atom. The minimum atomic E-state index is -0.00782. The first-order valence-corrected chi connectivity index (χ1v) is 9.08. The molecular weight excluding hydrogens is 318 g/mol. The molecule has 0 spiro atoms. The molecule has 0 unspecified atom stereocenters. The van der Waals surface area contributed by atoms with Gasteiger partial charge in [-0.2, -0.15) is 0 Å². The van der Waals surface area contributed by atoms with E-state index in [1.54, 1.807) is 18.4 Å². The first-order chi connectivity index (χ1) is 12.3. The number of benzene rings is 1. The summed E-state index contributed by atoms with van der Waals surface area (Å²) in [6.45, 7) is 3.04. The number of hydrogen-bond acceptors (Lipinski definition) is 4. The van der Waals surface area contributed by atoms with Crippen LogP contribution >= 0.6 is 0 Å². The third-order valence-corrected chi connectivity index (χ3v) is 5.61. The van der Waals surface area contributed by atoms with Gasteiger partial charge in [0.05, 0.1) is 19.5 Å². The molecule has 0 N–H and O–H groups in total. The van der Waals surface area contributed by atoms with E-state index in [0.717, 1.165) is 63.5 Å². The van der Waals surface area contributed by atoms with Crippen LogP contribution in [0.3, 0.4) is 0 Å². The summed E-state index contributed by atoms with van der Waals surface area (Å²) >= 11 is 0. The molecule has 3 aliphatic rings. The fourth-order valence-corrected chi connectivity index (χ4v) is 4.38. The van der Waals surface area contributed by atoms with Gasteiger partial charge in [-0.1, -0.05) is 0 Å². The van der Waals surface area contributed by atoms with Crippen LogP contribution in [0.15, 0.2) is 28.9 Å². The lowest BCUT2D eigenvalue weighted by Crippen LogP contribution is -2.38. The summed E-state index contributed by atoms with van der Waals surface area (Å²) in [6, 6.07) is 5.66. The van der Waals surface area contributed by atoms with Crippen molar-refractivity contribution in [3.8, 4) is 11.5 Å². The van der Waals surface area contributed by atoms with Crippen LogP contribution in [0.2, 0.25) is 0 Å². The summed E-state index contributed by atoms with van der Waals surface area (Å²) in [6.07, 6.45) is 5.40. The molecule has 2 aromatic rings. The quantitative estimate of drug-likeness (QED) is 0.843. The second-order valence-corrected chi connectivity index (χ2v) is 7.00. The lowest BCUT2D eigenvalue weighted by atomic mass is 9.84. The highest BCUT2D eigenvalue weighted by Crippen LogP contribution is 2.46. The van der Waals surface area contributed by atoms with Crippen LogP contribution < -0.4 is 9.47 Å². The number of amides is 1. The summed E-state index contributed by atoms with van der Waals surface area (Å²) in [4.78, 5) is 14.4. The number of piperidine rings is 1. The van der Waals surface area contributed by atoms with Crippen molar-refractivity contribution in [2.24, 2.45) is 0 Å². The van der Waals surface area contributed by atoms with Crippen LogP contribution in [0.25, 0.3) is 0 Å². The Hall–Kier alpha value is -2.43. The molecular formula is C20H21NO4. The standard InChI is InChI=1S/C20H21NO4/c22-20(16-2-1-9-23-16)21-7-3-13(4-8-21)18-15-6-11-24-17(15)12-14-5-10-25-19(14)18/h1-2,9,12-13H,3-8,10-11H2. The molecule has 5 nitrogen and oxygen atoms in total. The summed E-state index contributed by atoms with van der Waals surface area (Å²) in [5.41, 5.74) is 3.97. The fraction of sp³-hybridized carbons (Fsp3) is 0.450. The predicted molar refractivity (Wildman–Crippen MR) is 91.4 cm³/mol. The Bertz CT molecular complexity index is 771. The van der Waals surface area contributed by atoms with Crippen molar-refractivity contribution in [3.63, 3.8) is 0 Å². The fourth-order valence-electron chi connectivity index (χ4n) is 4.38. The number of rotatable bonds is 2. The van der Waals surface area contributed by atoms with Crippen molar-refractivity contribution in [2.75, 3.05) is 26.3 Å². The molecule has 25 heavy (non-hydrogen) atoms. The monoisotopic (exact) mass is 339 g/mol. The Balaban J connectivity index is 1.39. The number of nitrogens with zero attached hydrogens (tertiary/aromatic N) is 1. The van der Waals surface area contributed by atoms with Gasteiger partial charge in [0.1, 0.15) is 11.5 Å². The lowest BCUT2D eigenvalue weighted by molar-refractivity contribution is 0.0680. The predicted octanol–water partition coefficient (Wildman–Crippen LogP) is 3.17. The van der Waals surface area contributed by atoms with Gasteiger partial charge in [-0.05, 0) is 37.0 Å². The van der Waals surface area contributed by atoms with E-state index in [2.05, 4.69) is 6.07 Å². The van der Waals surface area contributed by atoms with Crippen molar-refractivity contribution in [1.29, 1.82) is 0 Å². The molecule has 3 aliphatic heterocycles.